The summed E-state index contributed by atoms with van der Waals surface area (Å²) in [5.41, 5.74) is 2.84. The summed E-state index contributed by atoms with van der Waals surface area (Å²) in [6.45, 7) is 14.2. The molecule has 2 aromatic rings. The van der Waals surface area contributed by atoms with E-state index in [0.29, 0.717) is 19.5 Å². The van der Waals surface area contributed by atoms with Gasteiger partial charge in [-0.1, -0.05) is 57.0 Å². The SMILES string of the molecule is CCCCCNC(=O)C(c1ccc(C)c(C)c1)N(CCC)C(=O)C(Cc1ccc(O)cc1)NC(=O)OC(C)(C)C. The van der Waals surface area contributed by atoms with E-state index in [2.05, 4.69) is 17.6 Å². The van der Waals surface area contributed by atoms with Gasteiger partial charge in [0.25, 0.3) is 0 Å². The third-order valence-electron chi connectivity index (χ3n) is 6.60. The molecule has 0 spiro atoms. The number of amides is 3. The van der Waals surface area contributed by atoms with E-state index in [0.717, 1.165) is 41.5 Å². The van der Waals surface area contributed by atoms with Gasteiger partial charge in [0.05, 0.1) is 0 Å². The predicted octanol–water partition coefficient (Wildman–Crippen LogP) is 5.73. The van der Waals surface area contributed by atoms with Crippen LogP contribution in [0.15, 0.2) is 42.5 Å². The van der Waals surface area contributed by atoms with Crippen molar-refractivity contribution in [3.63, 3.8) is 0 Å². The van der Waals surface area contributed by atoms with Gasteiger partial charge in [-0.2, -0.15) is 0 Å². The number of benzene rings is 2. The predicted molar refractivity (Wildman–Crippen MR) is 158 cm³/mol. The Balaban J connectivity index is 2.50. The van der Waals surface area contributed by atoms with Crippen LogP contribution < -0.4 is 10.6 Å². The van der Waals surface area contributed by atoms with Gasteiger partial charge in [-0.25, -0.2) is 4.79 Å². The number of nitrogens with zero attached hydrogens (tertiary/aromatic N) is 1. The molecule has 220 valence electrons. The molecule has 0 aliphatic heterocycles. The van der Waals surface area contributed by atoms with E-state index in [1.807, 2.05) is 39.0 Å². The quantitative estimate of drug-likeness (QED) is 0.275. The summed E-state index contributed by atoms with van der Waals surface area (Å²) in [7, 11) is 0. The molecule has 0 aromatic heterocycles. The zero-order valence-electron chi connectivity index (χ0n) is 25.2. The van der Waals surface area contributed by atoms with Crippen molar-refractivity contribution in [2.75, 3.05) is 13.1 Å². The van der Waals surface area contributed by atoms with Crippen molar-refractivity contribution in [2.45, 2.75) is 98.3 Å². The minimum atomic E-state index is -0.993. The molecule has 8 heteroatoms. The van der Waals surface area contributed by atoms with Crippen molar-refractivity contribution in [3.8, 4) is 5.75 Å². The molecule has 0 radical (unpaired) electrons. The molecule has 0 aliphatic rings. The molecule has 2 atom stereocenters. The van der Waals surface area contributed by atoms with Crippen molar-refractivity contribution in [1.29, 1.82) is 0 Å². The van der Waals surface area contributed by atoms with Crippen molar-refractivity contribution >= 4 is 17.9 Å². The van der Waals surface area contributed by atoms with Gasteiger partial charge < -0.3 is 25.4 Å². The van der Waals surface area contributed by atoms with Crippen LogP contribution in [-0.4, -0.2) is 52.6 Å². The van der Waals surface area contributed by atoms with Crippen LogP contribution in [0.2, 0.25) is 0 Å². The largest absolute Gasteiger partial charge is 0.508 e. The van der Waals surface area contributed by atoms with Gasteiger partial charge in [0.2, 0.25) is 11.8 Å². The maximum absolute atomic E-state index is 14.3. The molecule has 40 heavy (non-hydrogen) atoms. The van der Waals surface area contributed by atoms with E-state index in [9.17, 15) is 19.5 Å². The number of aryl methyl sites for hydroxylation is 2. The Morgan fingerprint density at radius 1 is 0.950 bits per heavy atom. The van der Waals surface area contributed by atoms with Crippen molar-refractivity contribution in [3.05, 3.63) is 64.7 Å². The number of phenols is 1. The molecule has 2 aromatic carbocycles. The lowest BCUT2D eigenvalue weighted by molar-refractivity contribution is -0.142. The van der Waals surface area contributed by atoms with Crippen LogP contribution in [-0.2, 0) is 20.7 Å². The fourth-order valence-corrected chi connectivity index (χ4v) is 4.42. The van der Waals surface area contributed by atoms with Crippen molar-refractivity contribution < 1.29 is 24.2 Å². The Labute approximate surface area is 239 Å². The second-order valence-electron chi connectivity index (χ2n) is 11.3. The van der Waals surface area contributed by atoms with E-state index >= 15 is 0 Å². The van der Waals surface area contributed by atoms with Crippen molar-refractivity contribution in [1.82, 2.24) is 15.5 Å². The van der Waals surface area contributed by atoms with Crippen LogP contribution in [0.25, 0.3) is 0 Å². The number of aromatic hydroxyl groups is 1. The summed E-state index contributed by atoms with van der Waals surface area (Å²) in [5, 5.41) is 15.5. The van der Waals surface area contributed by atoms with E-state index in [1.165, 1.54) is 12.1 Å². The van der Waals surface area contributed by atoms with Gasteiger partial charge in [-0.3, -0.25) is 9.59 Å². The molecule has 0 saturated heterocycles. The van der Waals surface area contributed by atoms with Gasteiger partial charge in [0.15, 0.2) is 0 Å². The van der Waals surface area contributed by atoms with Gasteiger partial charge in [-0.15, -0.1) is 0 Å². The number of ether oxygens (including phenoxy) is 1. The Kier molecular flexibility index (Phi) is 12.5. The first kappa shape index (κ1) is 32.7. The molecular weight excluding hydrogens is 506 g/mol. The fourth-order valence-electron chi connectivity index (χ4n) is 4.42. The summed E-state index contributed by atoms with van der Waals surface area (Å²) in [5.74, 6) is -0.525. The Morgan fingerprint density at radius 3 is 2.20 bits per heavy atom. The summed E-state index contributed by atoms with van der Waals surface area (Å²) < 4.78 is 5.47. The Hall–Kier alpha value is -3.55. The van der Waals surface area contributed by atoms with Crippen LogP contribution in [0, 0.1) is 13.8 Å². The second kappa shape index (κ2) is 15.3. The molecule has 0 aliphatic carbocycles. The normalized spacial score (nSPS) is 12.8. The van der Waals surface area contributed by atoms with Crippen LogP contribution in [0.1, 0.15) is 88.6 Å². The minimum absolute atomic E-state index is 0.105. The maximum Gasteiger partial charge on any atom is 0.408 e. The summed E-state index contributed by atoms with van der Waals surface area (Å²) in [6, 6.07) is 10.4. The van der Waals surface area contributed by atoms with Gasteiger partial charge in [-0.05, 0) is 81.8 Å². The lowest BCUT2D eigenvalue weighted by Gasteiger charge is -2.34. The van der Waals surface area contributed by atoms with Crippen LogP contribution >= 0.6 is 0 Å². The van der Waals surface area contributed by atoms with E-state index < -0.39 is 23.8 Å². The summed E-state index contributed by atoms with van der Waals surface area (Å²) >= 11 is 0. The highest BCUT2D eigenvalue weighted by Gasteiger charge is 2.36. The van der Waals surface area contributed by atoms with Gasteiger partial charge in [0, 0.05) is 19.5 Å². The van der Waals surface area contributed by atoms with E-state index in [-0.39, 0.29) is 24.0 Å². The lowest BCUT2D eigenvalue weighted by atomic mass is 9.97. The average molecular weight is 554 g/mol. The molecular formula is C32H47N3O5. The number of phenolic OH excluding ortho intramolecular Hbond substituents is 1. The number of hydrogen-bond acceptors (Lipinski definition) is 5. The molecule has 3 amide bonds. The zero-order valence-corrected chi connectivity index (χ0v) is 25.2. The molecule has 0 bridgehead atoms. The molecule has 0 saturated carbocycles. The number of carbonyl (C=O) groups excluding carboxylic acids is 3. The third kappa shape index (κ3) is 10.2. The van der Waals surface area contributed by atoms with Crippen molar-refractivity contribution in [2.24, 2.45) is 0 Å². The third-order valence-corrected chi connectivity index (χ3v) is 6.60. The maximum atomic E-state index is 14.3. The second-order valence-corrected chi connectivity index (χ2v) is 11.3. The first-order valence-electron chi connectivity index (χ1n) is 14.3. The average Bonchev–Trinajstić information content (AvgIpc) is 2.87. The first-order chi connectivity index (χ1) is 18.9. The topological polar surface area (TPSA) is 108 Å². The fraction of sp³-hybridized carbons (Fsp3) is 0.531. The van der Waals surface area contributed by atoms with E-state index in [4.69, 9.17) is 4.74 Å². The highest BCUT2D eigenvalue weighted by Crippen LogP contribution is 2.26. The molecule has 0 fully saturated rings. The number of nitrogens with one attached hydrogen (secondary N) is 2. The Morgan fingerprint density at radius 2 is 1.62 bits per heavy atom. The number of carbonyl (C=O) groups is 3. The number of alkyl carbamates (subject to hydrolysis) is 1. The first-order valence-corrected chi connectivity index (χ1v) is 14.3. The number of rotatable bonds is 13. The Bertz CT molecular complexity index is 1120. The van der Waals surface area contributed by atoms with Gasteiger partial charge in [0.1, 0.15) is 23.4 Å². The molecule has 2 unspecified atom stereocenters. The standard InChI is InChI=1S/C32H47N3O5/c1-8-10-11-18-33-29(37)28(25-15-12-22(3)23(4)20-25)35(19-9-2)30(38)27(34-31(39)40-32(5,6)7)21-24-13-16-26(36)17-14-24/h12-17,20,27-28,36H,8-11,18-19,21H2,1-7H3,(H,33,37)(H,34,39). The van der Waals surface area contributed by atoms with Gasteiger partial charge >= 0.3 is 6.09 Å². The molecule has 2 rings (SSSR count). The highest BCUT2D eigenvalue weighted by molar-refractivity contribution is 5.92. The molecule has 8 nitrogen and oxygen atoms in total. The molecule has 0 heterocycles. The minimum Gasteiger partial charge on any atom is -0.508 e. The lowest BCUT2D eigenvalue weighted by Crippen LogP contribution is -2.54. The highest BCUT2D eigenvalue weighted by atomic mass is 16.6. The number of hydrogen-bond donors (Lipinski definition) is 3. The summed E-state index contributed by atoms with van der Waals surface area (Å²) in [6.07, 6.45) is 2.96. The van der Waals surface area contributed by atoms with Crippen LogP contribution in [0.3, 0.4) is 0 Å². The smallest absolute Gasteiger partial charge is 0.408 e. The van der Waals surface area contributed by atoms with E-state index in [1.54, 1.807) is 37.8 Å². The monoisotopic (exact) mass is 553 g/mol. The molecule has 3 N–H and O–H groups in total. The summed E-state index contributed by atoms with van der Waals surface area (Å²) in [4.78, 5) is 42.4. The van der Waals surface area contributed by atoms with Crippen LogP contribution in [0.4, 0.5) is 4.79 Å². The number of unbranched alkanes of at least 4 members (excludes halogenated alkanes) is 2. The van der Waals surface area contributed by atoms with Crippen LogP contribution in [0.5, 0.6) is 5.75 Å². The zero-order chi connectivity index (χ0) is 29.9.